The molecule has 114 valence electrons. The van der Waals surface area contributed by atoms with Crippen LogP contribution in [0.3, 0.4) is 0 Å². The fraction of sp³-hybridized carbons (Fsp3) is 0.500. The molecule has 21 heavy (non-hydrogen) atoms. The van der Waals surface area contributed by atoms with Gasteiger partial charge in [0.25, 0.3) is 0 Å². The molecule has 1 atom stereocenters. The predicted molar refractivity (Wildman–Crippen MR) is 88.5 cm³/mol. The van der Waals surface area contributed by atoms with Crippen molar-refractivity contribution in [2.45, 2.75) is 39.2 Å². The Morgan fingerprint density at radius 2 is 2.10 bits per heavy atom. The molecular formula is C16H22N2O2S. The monoisotopic (exact) mass is 306 g/mol. The molecule has 1 unspecified atom stereocenters. The molecule has 5 heteroatoms. The lowest BCUT2D eigenvalue weighted by Crippen LogP contribution is -2.22. The number of nitrogens with zero attached hydrogens (tertiary/aromatic N) is 2. The summed E-state index contributed by atoms with van der Waals surface area (Å²) in [5, 5.41) is 9.14. The molecule has 1 heterocycles. The van der Waals surface area contributed by atoms with Crippen molar-refractivity contribution >= 4 is 28.8 Å². The summed E-state index contributed by atoms with van der Waals surface area (Å²) in [6, 6.07) is 5.50. The predicted octanol–water partition coefficient (Wildman–Crippen LogP) is 3.96. The average molecular weight is 306 g/mol. The van der Waals surface area contributed by atoms with Crippen molar-refractivity contribution in [3.63, 3.8) is 0 Å². The van der Waals surface area contributed by atoms with E-state index in [1.165, 1.54) is 0 Å². The number of fused-ring (bicyclic) bond motifs is 1. The number of aromatic nitrogens is 2. The molecule has 0 spiro atoms. The smallest absolute Gasteiger partial charge is 0.335 e. The van der Waals surface area contributed by atoms with Gasteiger partial charge in [-0.05, 0) is 31.4 Å². The lowest BCUT2D eigenvalue weighted by molar-refractivity contribution is 0.0697. The van der Waals surface area contributed by atoms with Crippen molar-refractivity contribution in [1.29, 1.82) is 0 Å². The summed E-state index contributed by atoms with van der Waals surface area (Å²) in [5.74, 6) is 1.08. The van der Waals surface area contributed by atoms with Crippen LogP contribution >= 0.6 is 11.8 Å². The van der Waals surface area contributed by atoms with Crippen molar-refractivity contribution in [3.05, 3.63) is 29.6 Å². The first-order valence-corrected chi connectivity index (χ1v) is 8.39. The summed E-state index contributed by atoms with van der Waals surface area (Å²) in [5.41, 5.74) is 1.96. The standard InChI is InChI=1S/C16H22N2O2S/c1-10(9-21-5)18-13-7-6-11(14(19)20)8-12(13)17-15(18)16(2,3)4/h6-8,10H,9H2,1-5H3,(H,19,20). The molecule has 0 radical (unpaired) electrons. The Morgan fingerprint density at radius 1 is 1.43 bits per heavy atom. The van der Waals surface area contributed by atoms with Gasteiger partial charge in [-0.2, -0.15) is 11.8 Å². The number of hydrogen-bond acceptors (Lipinski definition) is 3. The van der Waals surface area contributed by atoms with E-state index in [0.717, 1.165) is 22.6 Å². The molecule has 0 aliphatic rings. The molecule has 1 N–H and O–H groups in total. The van der Waals surface area contributed by atoms with Crippen LogP contribution in [0.15, 0.2) is 18.2 Å². The minimum absolute atomic E-state index is 0.0882. The van der Waals surface area contributed by atoms with Crippen LogP contribution in [0.5, 0.6) is 0 Å². The van der Waals surface area contributed by atoms with Crippen LogP contribution in [0.4, 0.5) is 0 Å². The third-order valence-corrected chi connectivity index (χ3v) is 4.27. The molecule has 0 aliphatic carbocycles. The first-order valence-electron chi connectivity index (χ1n) is 7.00. The van der Waals surface area contributed by atoms with Crippen molar-refractivity contribution < 1.29 is 9.90 Å². The molecule has 4 nitrogen and oxygen atoms in total. The summed E-state index contributed by atoms with van der Waals surface area (Å²) in [6.45, 7) is 8.58. The molecule has 1 aromatic heterocycles. The number of carbonyl (C=O) groups is 1. The molecular weight excluding hydrogens is 284 g/mol. The van der Waals surface area contributed by atoms with Gasteiger partial charge in [0.2, 0.25) is 0 Å². The molecule has 0 amide bonds. The maximum absolute atomic E-state index is 11.1. The normalized spacial score (nSPS) is 13.6. The zero-order valence-electron chi connectivity index (χ0n) is 13.2. The fourth-order valence-corrected chi connectivity index (χ4v) is 3.15. The van der Waals surface area contributed by atoms with Gasteiger partial charge in [-0.1, -0.05) is 20.8 Å². The Kier molecular flexibility index (Phi) is 4.33. The second-order valence-electron chi connectivity index (χ2n) is 6.37. The number of aromatic carboxylic acids is 1. The maximum atomic E-state index is 11.1. The highest BCUT2D eigenvalue weighted by Gasteiger charge is 2.25. The van der Waals surface area contributed by atoms with E-state index in [2.05, 4.69) is 38.5 Å². The van der Waals surface area contributed by atoms with Gasteiger partial charge in [0.1, 0.15) is 5.82 Å². The minimum atomic E-state index is -0.916. The van der Waals surface area contributed by atoms with E-state index in [-0.39, 0.29) is 11.0 Å². The summed E-state index contributed by atoms with van der Waals surface area (Å²) < 4.78 is 2.25. The highest BCUT2D eigenvalue weighted by Crippen LogP contribution is 2.31. The van der Waals surface area contributed by atoms with E-state index in [1.54, 1.807) is 23.9 Å². The van der Waals surface area contributed by atoms with Crippen molar-refractivity contribution in [1.82, 2.24) is 9.55 Å². The number of rotatable bonds is 4. The van der Waals surface area contributed by atoms with Crippen LogP contribution in [-0.4, -0.2) is 32.6 Å². The zero-order valence-corrected chi connectivity index (χ0v) is 14.0. The van der Waals surface area contributed by atoms with E-state index in [9.17, 15) is 4.79 Å². The van der Waals surface area contributed by atoms with Gasteiger partial charge in [-0.15, -0.1) is 0 Å². The maximum Gasteiger partial charge on any atom is 0.335 e. The summed E-state index contributed by atoms with van der Waals surface area (Å²) in [4.78, 5) is 15.9. The molecule has 0 aliphatic heterocycles. The second kappa shape index (κ2) is 5.72. The highest BCUT2D eigenvalue weighted by atomic mass is 32.2. The largest absolute Gasteiger partial charge is 0.478 e. The Labute approximate surface area is 129 Å². The molecule has 2 rings (SSSR count). The Morgan fingerprint density at radius 3 is 2.62 bits per heavy atom. The van der Waals surface area contributed by atoms with Gasteiger partial charge in [0.15, 0.2) is 0 Å². The Hall–Kier alpha value is -1.49. The van der Waals surface area contributed by atoms with Gasteiger partial charge in [0.05, 0.1) is 16.6 Å². The highest BCUT2D eigenvalue weighted by molar-refractivity contribution is 7.98. The molecule has 0 saturated carbocycles. The zero-order chi connectivity index (χ0) is 15.8. The van der Waals surface area contributed by atoms with Crippen molar-refractivity contribution in [2.75, 3.05) is 12.0 Å². The first-order chi connectivity index (χ1) is 9.75. The van der Waals surface area contributed by atoms with Crippen LogP contribution in [0.25, 0.3) is 11.0 Å². The number of carboxylic acids is 1. The van der Waals surface area contributed by atoms with Crippen LogP contribution in [0.2, 0.25) is 0 Å². The van der Waals surface area contributed by atoms with Gasteiger partial charge in [-0.25, -0.2) is 9.78 Å². The molecule has 2 aromatic rings. The van der Waals surface area contributed by atoms with E-state index in [0.29, 0.717) is 6.04 Å². The second-order valence-corrected chi connectivity index (χ2v) is 7.28. The molecule has 0 bridgehead atoms. The van der Waals surface area contributed by atoms with Gasteiger partial charge < -0.3 is 9.67 Å². The number of benzene rings is 1. The van der Waals surface area contributed by atoms with Crippen molar-refractivity contribution in [2.24, 2.45) is 0 Å². The Bertz CT molecular complexity index is 671. The van der Waals surface area contributed by atoms with E-state index in [1.807, 2.05) is 6.07 Å². The molecule has 0 fully saturated rings. The fourth-order valence-electron chi connectivity index (χ4n) is 2.52. The average Bonchev–Trinajstić information content (AvgIpc) is 2.77. The number of imidazole rings is 1. The summed E-state index contributed by atoms with van der Waals surface area (Å²) in [7, 11) is 0. The lowest BCUT2D eigenvalue weighted by Gasteiger charge is -2.24. The third kappa shape index (κ3) is 3.07. The molecule has 0 saturated heterocycles. The van der Waals surface area contributed by atoms with Crippen LogP contribution in [0.1, 0.15) is 49.9 Å². The summed E-state index contributed by atoms with van der Waals surface area (Å²) in [6.07, 6.45) is 2.09. The van der Waals surface area contributed by atoms with Gasteiger partial charge >= 0.3 is 5.97 Å². The number of thioether (sulfide) groups is 1. The lowest BCUT2D eigenvalue weighted by atomic mass is 9.95. The van der Waals surface area contributed by atoms with Crippen LogP contribution in [0, 0.1) is 0 Å². The quantitative estimate of drug-likeness (QED) is 0.929. The first kappa shape index (κ1) is 15.9. The topological polar surface area (TPSA) is 55.1 Å². The van der Waals surface area contributed by atoms with Gasteiger partial charge in [-0.3, -0.25) is 0 Å². The number of hydrogen-bond donors (Lipinski definition) is 1. The van der Waals surface area contributed by atoms with Crippen molar-refractivity contribution in [3.8, 4) is 0 Å². The SMILES string of the molecule is CSCC(C)n1c(C(C)(C)C)nc2cc(C(=O)O)ccc21. The van der Waals surface area contributed by atoms with Gasteiger partial charge in [0, 0.05) is 17.2 Å². The summed E-state index contributed by atoms with van der Waals surface area (Å²) >= 11 is 1.80. The third-order valence-electron chi connectivity index (χ3n) is 3.46. The van der Waals surface area contributed by atoms with E-state index in [4.69, 9.17) is 10.1 Å². The van der Waals surface area contributed by atoms with E-state index >= 15 is 0 Å². The minimum Gasteiger partial charge on any atom is -0.478 e. The van der Waals surface area contributed by atoms with Crippen LogP contribution in [-0.2, 0) is 5.41 Å². The van der Waals surface area contributed by atoms with Crippen LogP contribution < -0.4 is 0 Å². The number of carboxylic acid groups (broad SMARTS) is 1. The molecule has 1 aromatic carbocycles. The Balaban J connectivity index is 2.69. The van der Waals surface area contributed by atoms with E-state index < -0.39 is 5.97 Å².